The highest BCUT2D eigenvalue weighted by molar-refractivity contribution is 5.87. The van der Waals surface area contributed by atoms with Gasteiger partial charge in [0.15, 0.2) is 0 Å². The predicted octanol–water partition coefficient (Wildman–Crippen LogP) is 6.04. The summed E-state index contributed by atoms with van der Waals surface area (Å²) in [4.78, 5) is 15.0. The minimum atomic E-state index is -4.41. The number of hydrogen-bond donors (Lipinski definition) is 1. The van der Waals surface area contributed by atoms with E-state index in [0.717, 1.165) is 17.7 Å². The number of nitrogens with zero attached hydrogens (tertiary/aromatic N) is 1. The van der Waals surface area contributed by atoms with Gasteiger partial charge >= 0.3 is 12.1 Å². The minimum absolute atomic E-state index is 0.112. The summed E-state index contributed by atoms with van der Waals surface area (Å²) in [6, 6.07) is 14.3. The molecule has 1 heterocycles. The molecule has 1 aromatic heterocycles. The summed E-state index contributed by atoms with van der Waals surface area (Å²) in [6.07, 6.45) is -3.48. The Balaban J connectivity index is 1.61. The molecule has 0 saturated heterocycles. The van der Waals surface area contributed by atoms with E-state index >= 15 is 0 Å². The average Bonchev–Trinajstić information content (AvgIpc) is 2.77. The van der Waals surface area contributed by atoms with Crippen molar-refractivity contribution in [2.24, 2.45) is 0 Å². The summed E-state index contributed by atoms with van der Waals surface area (Å²) >= 11 is 0. The molecule has 1 atom stereocenters. The first-order valence-electron chi connectivity index (χ1n) is 9.79. The molecule has 1 unspecified atom stereocenters. The second-order valence-corrected chi connectivity index (χ2v) is 7.16. The van der Waals surface area contributed by atoms with Crippen LogP contribution in [0, 0.1) is 11.8 Å². The Labute approximate surface area is 182 Å². The molecule has 1 N–H and O–H groups in total. The van der Waals surface area contributed by atoms with Gasteiger partial charge in [0.25, 0.3) is 0 Å². The third kappa shape index (κ3) is 6.42. The van der Waals surface area contributed by atoms with E-state index in [1.165, 1.54) is 30.5 Å². The SMILES string of the molecule is O=C(O)c1ccc(CCC(F)c2ccnc(C#CCc3cccc(C(F)(F)F)c3)c2)cc1. The lowest BCUT2D eigenvalue weighted by atomic mass is 10.0. The molecule has 164 valence electrons. The van der Waals surface area contributed by atoms with Crippen molar-refractivity contribution in [3.63, 3.8) is 0 Å². The quantitative estimate of drug-likeness (QED) is 0.375. The Morgan fingerprint density at radius 3 is 2.47 bits per heavy atom. The van der Waals surface area contributed by atoms with Crippen LogP contribution in [-0.2, 0) is 19.0 Å². The molecule has 2 aromatic carbocycles. The summed E-state index contributed by atoms with van der Waals surface area (Å²) in [7, 11) is 0. The second-order valence-electron chi connectivity index (χ2n) is 7.16. The maximum absolute atomic E-state index is 14.7. The molecular formula is C25H19F4NO2. The van der Waals surface area contributed by atoms with E-state index in [9.17, 15) is 22.4 Å². The molecule has 0 bridgehead atoms. The van der Waals surface area contributed by atoms with Crippen LogP contribution >= 0.6 is 0 Å². The Bertz CT molecular complexity index is 1140. The molecule has 0 radical (unpaired) electrons. The topological polar surface area (TPSA) is 50.2 Å². The fourth-order valence-electron chi connectivity index (χ4n) is 3.08. The van der Waals surface area contributed by atoms with Gasteiger partial charge in [-0.1, -0.05) is 36.3 Å². The van der Waals surface area contributed by atoms with Gasteiger partial charge in [-0.05, 0) is 65.8 Å². The summed E-state index contributed by atoms with van der Waals surface area (Å²) in [5.41, 5.74) is 1.45. The number of alkyl halides is 4. The Morgan fingerprint density at radius 1 is 1.03 bits per heavy atom. The number of pyridine rings is 1. The fraction of sp³-hybridized carbons (Fsp3) is 0.200. The number of hydrogen-bond acceptors (Lipinski definition) is 2. The van der Waals surface area contributed by atoms with Crippen molar-refractivity contribution in [1.29, 1.82) is 0 Å². The van der Waals surface area contributed by atoms with Crippen LogP contribution in [0.2, 0.25) is 0 Å². The molecule has 0 fully saturated rings. The van der Waals surface area contributed by atoms with Crippen LogP contribution in [0.1, 0.15) is 50.9 Å². The third-order valence-electron chi connectivity index (χ3n) is 4.80. The Kier molecular flexibility index (Phi) is 7.26. The van der Waals surface area contributed by atoms with Crippen molar-refractivity contribution in [1.82, 2.24) is 4.98 Å². The highest BCUT2D eigenvalue weighted by Gasteiger charge is 2.30. The first kappa shape index (κ1) is 23.0. The second kappa shape index (κ2) is 10.1. The van der Waals surface area contributed by atoms with Crippen LogP contribution in [0.4, 0.5) is 17.6 Å². The van der Waals surface area contributed by atoms with Crippen molar-refractivity contribution >= 4 is 5.97 Å². The van der Waals surface area contributed by atoms with Gasteiger partial charge in [0, 0.05) is 12.6 Å². The van der Waals surface area contributed by atoms with Crippen LogP contribution < -0.4 is 0 Å². The Morgan fingerprint density at radius 2 is 1.78 bits per heavy atom. The third-order valence-corrected chi connectivity index (χ3v) is 4.80. The molecule has 0 aliphatic carbocycles. The maximum Gasteiger partial charge on any atom is 0.416 e. The number of carboxylic acids is 1. The standard InChI is InChI=1S/C25H19F4NO2/c26-23(12-9-17-7-10-19(11-8-17)24(31)32)20-13-14-30-22(16-20)6-2-4-18-3-1-5-21(15-18)25(27,28)29/h1,3,5,7-8,10-11,13-16,23H,4,9,12H2,(H,31,32). The fourth-order valence-corrected chi connectivity index (χ4v) is 3.08. The smallest absolute Gasteiger partial charge is 0.416 e. The minimum Gasteiger partial charge on any atom is -0.478 e. The summed E-state index contributed by atoms with van der Waals surface area (Å²) in [6.45, 7) is 0. The molecule has 3 nitrogen and oxygen atoms in total. The van der Waals surface area contributed by atoms with Crippen molar-refractivity contribution in [3.05, 3.63) is 100 Å². The molecule has 7 heteroatoms. The molecule has 0 aliphatic heterocycles. The van der Waals surface area contributed by atoms with Gasteiger partial charge in [-0.2, -0.15) is 13.2 Å². The molecule has 0 amide bonds. The van der Waals surface area contributed by atoms with Gasteiger partial charge in [0.2, 0.25) is 0 Å². The zero-order valence-corrected chi connectivity index (χ0v) is 16.9. The molecule has 0 saturated carbocycles. The molecule has 3 rings (SSSR count). The molecule has 0 aliphatic rings. The van der Waals surface area contributed by atoms with Gasteiger partial charge in [0.1, 0.15) is 11.9 Å². The largest absolute Gasteiger partial charge is 0.478 e. The zero-order valence-electron chi connectivity index (χ0n) is 16.9. The van der Waals surface area contributed by atoms with Crippen molar-refractivity contribution in [2.45, 2.75) is 31.6 Å². The van der Waals surface area contributed by atoms with Crippen LogP contribution in [0.3, 0.4) is 0 Å². The number of benzene rings is 2. The van der Waals surface area contributed by atoms with Crippen molar-refractivity contribution < 1.29 is 27.5 Å². The molecule has 3 aromatic rings. The maximum atomic E-state index is 14.7. The van der Waals surface area contributed by atoms with E-state index in [4.69, 9.17) is 5.11 Å². The number of rotatable bonds is 6. The molecule has 32 heavy (non-hydrogen) atoms. The van der Waals surface area contributed by atoms with Crippen LogP contribution in [0.5, 0.6) is 0 Å². The van der Waals surface area contributed by atoms with Crippen molar-refractivity contribution in [3.8, 4) is 11.8 Å². The monoisotopic (exact) mass is 441 g/mol. The highest BCUT2D eigenvalue weighted by atomic mass is 19.4. The van der Waals surface area contributed by atoms with E-state index in [1.54, 1.807) is 24.3 Å². The number of aromatic carboxylic acids is 1. The molecule has 0 spiro atoms. The summed E-state index contributed by atoms with van der Waals surface area (Å²) in [5, 5.41) is 8.92. The average molecular weight is 441 g/mol. The molecular weight excluding hydrogens is 422 g/mol. The van der Waals surface area contributed by atoms with Gasteiger partial charge in [-0.15, -0.1) is 0 Å². The number of aryl methyl sites for hydroxylation is 1. The number of carboxylic acid groups (broad SMARTS) is 1. The van der Waals surface area contributed by atoms with Crippen LogP contribution in [0.25, 0.3) is 0 Å². The lowest BCUT2D eigenvalue weighted by Crippen LogP contribution is -2.05. The van der Waals surface area contributed by atoms with E-state index in [2.05, 4.69) is 16.8 Å². The van der Waals surface area contributed by atoms with Gasteiger partial charge < -0.3 is 5.11 Å². The van der Waals surface area contributed by atoms with Crippen LogP contribution in [-0.4, -0.2) is 16.1 Å². The Hall–Kier alpha value is -3.66. The highest BCUT2D eigenvalue weighted by Crippen LogP contribution is 2.29. The predicted molar refractivity (Wildman–Crippen MR) is 112 cm³/mol. The van der Waals surface area contributed by atoms with E-state index in [-0.39, 0.29) is 18.4 Å². The summed E-state index contributed by atoms with van der Waals surface area (Å²) in [5.74, 6) is 4.54. The zero-order chi connectivity index (χ0) is 23.1. The normalized spacial score (nSPS) is 12.0. The van der Waals surface area contributed by atoms with Gasteiger partial charge in [-0.25, -0.2) is 14.2 Å². The lowest BCUT2D eigenvalue weighted by molar-refractivity contribution is -0.137. The first-order chi connectivity index (χ1) is 15.2. The van der Waals surface area contributed by atoms with Crippen LogP contribution in [0.15, 0.2) is 66.9 Å². The van der Waals surface area contributed by atoms with Gasteiger partial charge in [-0.3, -0.25) is 0 Å². The van der Waals surface area contributed by atoms with E-state index in [0.29, 0.717) is 23.2 Å². The van der Waals surface area contributed by atoms with E-state index in [1.807, 2.05) is 0 Å². The number of halogens is 4. The lowest BCUT2D eigenvalue weighted by Gasteiger charge is -2.09. The first-order valence-corrected chi connectivity index (χ1v) is 9.79. The van der Waals surface area contributed by atoms with Crippen molar-refractivity contribution in [2.75, 3.05) is 0 Å². The van der Waals surface area contributed by atoms with E-state index < -0.39 is 23.9 Å². The number of aromatic nitrogens is 1. The summed E-state index contributed by atoms with van der Waals surface area (Å²) < 4.78 is 53.0. The van der Waals surface area contributed by atoms with Gasteiger partial charge in [0.05, 0.1) is 11.1 Å². The number of carbonyl (C=O) groups is 1.